The highest BCUT2D eigenvalue weighted by atomic mass is 32.2. The standard InChI is InChI=1S/C25H29FN4O2S/c1-31-19-2-3-23-21(13-19)20(22(26)15-29-23)6-9-30-7-4-17(5-8-30)27-14-18-12-25-24(16-28-18)32-10-11-33-25/h2-3,12-13,15-17,27H,4-11,14H2,1H3. The lowest BCUT2D eigenvalue weighted by Gasteiger charge is -2.32. The molecule has 0 amide bonds. The van der Waals surface area contributed by atoms with Crippen LogP contribution in [0, 0.1) is 5.82 Å². The first kappa shape index (κ1) is 22.4. The average Bonchev–Trinajstić information content (AvgIpc) is 2.87. The third-order valence-electron chi connectivity index (χ3n) is 6.46. The topological polar surface area (TPSA) is 59.5 Å². The lowest BCUT2D eigenvalue weighted by Crippen LogP contribution is -2.43. The molecule has 0 saturated carbocycles. The van der Waals surface area contributed by atoms with Crippen LogP contribution in [0.1, 0.15) is 24.1 Å². The number of thioether (sulfide) groups is 1. The van der Waals surface area contributed by atoms with Crippen molar-refractivity contribution < 1.29 is 13.9 Å². The fourth-order valence-electron chi connectivity index (χ4n) is 4.55. The number of nitrogens with zero attached hydrogens (tertiary/aromatic N) is 3. The van der Waals surface area contributed by atoms with Crippen molar-refractivity contribution >= 4 is 22.7 Å². The number of rotatable bonds is 7. The molecule has 0 spiro atoms. The lowest BCUT2D eigenvalue weighted by atomic mass is 10.0. The Kier molecular flexibility index (Phi) is 6.94. The molecule has 0 atom stereocenters. The van der Waals surface area contributed by atoms with E-state index in [1.54, 1.807) is 7.11 Å². The number of aromatic nitrogens is 2. The van der Waals surface area contributed by atoms with Crippen LogP contribution in [-0.4, -0.2) is 60.0 Å². The van der Waals surface area contributed by atoms with Gasteiger partial charge < -0.3 is 19.7 Å². The molecule has 4 heterocycles. The maximum atomic E-state index is 14.6. The second kappa shape index (κ2) is 10.2. The van der Waals surface area contributed by atoms with Gasteiger partial charge in [0.15, 0.2) is 5.75 Å². The van der Waals surface area contributed by atoms with Gasteiger partial charge in [0.05, 0.1) is 42.2 Å². The van der Waals surface area contributed by atoms with Crippen LogP contribution in [-0.2, 0) is 13.0 Å². The van der Waals surface area contributed by atoms with Crippen LogP contribution in [0.4, 0.5) is 4.39 Å². The Morgan fingerprint density at radius 2 is 2.09 bits per heavy atom. The molecular weight excluding hydrogens is 439 g/mol. The summed E-state index contributed by atoms with van der Waals surface area (Å²) in [7, 11) is 1.63. The van der Waals surface area contributed by atoms with E-state index in [1.165, 1.54) is 11.1 Å². The summed E-state index contributed by atoms with van der Waals surface area (Å²) < 4.78 is 25.6. The van der Waals surface area contributed by atoms with Gasteiger partial charge in [-0.15, -0.1) is 11.8 Å². The van der Waals surface area contributed by atoms with Gasteiger partial charge in [-0.3, -0.25) is 9.97 Å². The van der Waals surface area contributed by atoms with E-state index < -0.39 is 0 Å². The monoisotopic (exact) mass is 468 g/mol. The summed E-state index contributed by atoms with van der Waals surface area (Å²) >= 11 is 1.83. The van der Waals surface area contributed by atoms with E-state index in [0.29, 0.717) is 12.5 Å². The molecule has 5 rings (SSSR count). The molecule has 33 heavy (non-hydrogen) atoms. The molecule has 1 N–H and O–H groups in total. The quantitative estimate of drug-likeness (QED) is 0.561. The van der Waals surface area contributed by atoms with Crippen LogP contribution in [0.2, 0.25) is 0 Å². The number of benzene rings is 1. The molecule has 174 valence electrons. The van der Waals surface area contributed by atoms with Crippen molar-refractivity contribution in [1.82, 2.24) is 20.2 Å². The third-order valence-corrected chi connectivity index (χ3v) is 7.46. The molecule has 8 heteroatoms. The molecule has 6 nitrogen and oxygen atoms in total. The van der Waals surface area contributed by atoms with Crippen molar-refractivity contribution in [1.29, 1.82) is 0 Å². The Hall–Kier alpha value is -2.42. The summed E-state index contributed by atoms with van der Waals surface area (Å²) in [6.45, 7) is 4.38. The first-order valence-corrected chi connectivity index (χ1v) is 12.5. The first-order valence-electron chi connectivity index (χ1n) is 11.5. The van der Waals surface area contributed by atoms with Crippen molar-refractivity contribution in [3.8, 4) is 11.5 Å². The van der Waals surface area contributed by atoms with Gasteiger partial charge in [-0.05, 0) is 56.6 Å². The minimum absolute atomic E-state index is 0.242. The summed E-state index contributed by atoms with van der Waals surface area (Å²) in [5.74, 6) is 2.38. The number of fused-ring (bicyclic) bond motifs is 2. The highest BCUT2D eigenvalue weighted by Gasteiger charge is 2.20. The van der Waals surface area contributed by atoms with Gasteiger partial charge in [0.2, 0.25) is 0 Å². The normalized spacial score (nSPS) is 17.0. The summed E-state index contributed by atoms with van der Waals surface area (Å²) in [5, 5.41) is 4.50. The Morgan fingerprint density at radius 1 is 1.21 bits per heavy atom. The largest absolute Gasteiger partial charge is 0.497 e. The molecule has 2 aliphatic rings. The number of methoxy groups -OCH3 is 1. The molecule has 1 aromatic carbocycles. The van der Waals surface area contributed by atoms with E-state index in [1.807, 2.05) is 36.2 Å². The highest BCUT2D eigenvalue weighted by molar-refractivity contribution is 7.99. The Balaban J connectivity index is 1.13. The smallest absolute Gasteiger partial charge is 0.151 e. The van der Waals surface area contributed by atoms with E-state index in [9.17, 15) is 4.39 Å². The Morgan fingerprint density at radius 3 is 2.94 bits per heavy atom. The van der Waals surface area contributed by atoms with Gasteiger partial charge >= 0.3 is 0 Å². The van der Waals surface area contributed by atoms with Crippen LogP contribution < -0.4 is 14.8 Å². The zero-order chi connectivity index (χ0) is 22.6. The average molecular weight is 469 g/mol. The lowest BCUT2D eigenvalue weighted by molar-refractivity contribution is 0.198. The molecule has 1 saturated heterocycles. The fourth-order valence-corrected chi connectivity index (χ4v) is 5.41. The minimum atomic E-state index is -0.242. The maximum Gasteiger partial charge on any atom is 0.151 e. The highest BCUT2D eigenvalue weighted by Crippen LogP contribution is 2.32. The van der Waals surface area contributed by atoms with Crippen LogP contribution >= 0.6 is 11.8 Å². The fraction of sp³-hybridized carbons (Fsp3) is 0.440. The third kappa shape index (κ3) is 5.23. The summed E-state index contributed by atoms with van der Waals surface area (Å²) in [6.07, 6.45) is 6.00. The van der Waals surface area contributed by atoms with Gasteiger partial charge in [0, 0.05) is 35.8 Å². The predicted molar refractivity (Wildman–Crippen MR) is 129 cm³/mol. The second-order valence-electron chi connectivity index (χ2n) is 8.53. The molecule has 0 unspecified atom stereocenters. The zero-order valence-corrected chi connectivity index (χ0v) is 19.7. The van der Waals surface area contributed by atoms with E-state index in [0.717, 1.165) is 85.0 Å². The van der Waals surface area contributed by atoms with E-state index in [4.69, 9.17) is 9.47 Å². The number of pyridine rings is 2. The van der Waals surface area contributed by atoms with Crippen molar-refractivity contribution in [2.24, 2.45) is 0 Å². The number of hydrogen-bond acceptors (Lipinski definition) is 7. The second-order valence-corrected chi connectivity index (χ2v) is 9.67. The van der Waals surface area contributed by atoms with Crippen molar-refractivity contribution in [2.45, 2.75) is 36.7 Å². The van der Waals surface area contributed by atoms with E-state index in [-0.39, 0.29) is 5.82 Å². The van der Waals surface area contributed by atoms with Crippen molar-refractivity contribution in [3.05, 3.63) is 53.7 Å². The van der Waals surface area contributed by atoms with Crippen LogP contribution in [0.15, 0.2) is 41.6 Å². The summed E-state index contributed by atoms with van der Waals surface area (Å²) in [6, 6.07) is 8.25. The maximum absolute atomic E-state index is 14.6. The molecule has 2 aliphatic heterocycles. The number of nitrogens with one attached hydrogen (secondary N) is 1. The SMILES string of the molecule is COc1ccc2ncc(F)c(CCN3CCC(NCc4cc5c(cn4)OCCS5)CC3)c2c1. The number of hydrogen-bond donors (Lipinski definition) is 1. The number of likely N-dealkylation sites (tertiary alicyclic amines) is 1. The summed E-state index contributed by atoms with van der Waals surface area (Å²) in [5.41, 5.74) is 2.58. The molecule has 0 bridgehead atoms. The van der Waals surface area contributed by atoms with Crippen molar-refractivity contribution in [2.75, 3.05) is 39.1 Å². The Labute approximate surface area is 197 Å². The van der Waals surface area contributed by atoms with Gasteiger partial charge in [-0.2, -0.15) is 0 Å². The van der Waals surface area contributed by atoms with E-state index >= 15 is 0 Å². The number of piperidine rings is 1. The predicted octanol–water partition coefficient (Wildman–Crippen LogP) is 4.06. The van der Waals surface area contributed by atoms with Crippen LogP contribution in [0.25, 0.3) is 10.9 Å². The molecule has 2 aromatic heterocycles. The van der Waals surface area contributed by atoms with Gasteiger partial charge in [0.25, 0.3) is 0 Å². The van der Waals surface area contributed by atoms with Crippen molar-refractivity contribution in [3.63, 3.8) is 0 Å². The zero-order valence-electron chi connectivity index (χ0n) is 18.8. The Bertz CT molecular complexity index is 1120. The summed E-state index contributed by atoms with van der Waals surface area (Å²) in [4.78, 5) is 12.4. The number of ether oxygens (including phenoxy) is 2. The van der Waals surface area contributed by atoms with Gasteiger partial charge in [0.1, 0.15) is 11.6 Å². The van der Waals surface area contributed by atoms with Gasteiger partial charge in [-0.25, -0.2) is 4.39 Å². The molecular formula is C25H29FN4O2S. The molecule has 1 fully saturated rings. The number of halogens is 1. The molecule has 3 aromatic rings. The minimum Gasteiger partial charge on any atom is -0.497 e. The van der Waals surface area contributed by atoms with Crippen LogP contribution in [0.3, 0.4) is 0 Å². The molecule has 0 aliphatic carbocycles. The van der Waals surface area contributed by atoms with Gasteiger partial charge in [-0.1, -0.05) is 0 Å². The first-order chi connectivity index (χ1) is 16.2. The van der Waals surface area contributed by atoms with Crippen LogP contribution in [0.5, 0.6) is 11.5 Å². The van der Waals surface area contributed by atoms with E-state index in [2.05, 4.69) is 26.3 Å². The molecule has 0 radical (unpaired) electrons.